The van der Waals surface area contributed by atoms with Crippen LogP contribution in [0.2, 0.25) is 0 Å². The van der Waals surface area contributed by atoms with Crippen LogP contribution in [0, 0.1) is 23.2 Å². The number of likely N-dealkylation sites (tertiary alicyclic amines) is 2. The molecule has 2 aliphatic rings. The lowest BCUT2D eigenvalue weighted by molar-refractivity contribution is -0.0707. The summed E-state index contributed by atoms with van der Waals surface area (Å²) in [6.45, 7) is 17.1. The van der Waals surface area contributed by atoms with Gasteiger partial charge in [-0.15, -0.1) is 0 Å². The molecule has 0 aromatic heterocycles. The van der Waals surface area contributed by atoms with Crippen LogP contribution in [0.5, 0.6) is 0 Å². The Morgan fingerprint density at radius 1 is 1.00 bits per heavy atom. The van der Waals surface area contributed by atoms with Crippen LogP contribution in [-0.2, 0) is 0 Å². The minimum Gasteiger partial charge on any atom is -0.302 e. The summed E-state index contributed by atoms with van der Waals surface area (Å²) in [5, 5.41) is 0. The molecule has 2 saturated heterocycles. The van der Waals surface area contributed by atoms with E-state index in [0.29, 0.717) is 5.41 Å². The van der Waals surface area contributed by atoms with E-state index in [1.807, 2.05) is 0 Å². The third-order valence-electron chi connectivity index (χ3n) is 6.12. The summed E-state index contributed by atoms with van der Waals surface area (Å²) >= 11 is 0. The molecule has 2 nitrogen and oxygen atoms in total. The van der Waals surface area contributed by atoms with E-state index in [2.05, 4.69) is 80.0 Å². The summed E-state index contributed by atoms with van der Waals surface area (Å²) < 4.78 is 0. The Morgan fingerprint density at radius 2 is 1.58 bits per heavy atom. The maximum Gasteiger partial charge on any atom is 0.0166 e. The molecule has 0 aliphatic carbocycles. The van der Waals surface area contributed by atoms with Crippen molar-refractivity contribution in [1.29, 1.82) is 0 Å². The van der Waals surface area contributed by atoms with Crippen LogP contribution in [0.4, 0.5) is 0 Å². The van der Waals surface area contributed by atoms with Crippen LogP contribution in [0.1, 0.15) is 33.3 Å². The van der Waals surface area contributed by atoms with Gasteiger partial charge in [0.25, 0.3) is 0 Å². The van der Waals surface area contributed by atoms with E-state index in [-0.39, 0.29) is 0 Å². The number of hydrogen-bond acceptors (Lipinski definition) is 2. The van der Waals surface area contributed by atoms with Gasteiger partial charge in [0.1, 0.15) is 0 Å². The largest absolute Gasteiger partial charge is 0.302 e. The lowest BCUT2D eigenvalue weighted by atomic mass is 9.63. The molecule has 2 fully saturated rings. The summed E-state index contributed by atoms with van der Waals surface area (Å²) in [6.07, 6.45) is 4.61. The van der Waals surface area contributed by atoms with Crippen LogP contribution < -0.4 is 0 Å². The van der Waals surface area contributed by atoms with Gasteiger partial charge in [-0.05, 0) is 28.7 Å². The molecule has 2 bridgehead atoms. The molecule has 0 amide bonds. The standard InChI is InChI=1S/C22H34N2/c1-18(2)13-24-16-20-14-23(15-21(17-24)22(20,3)4)12-8-11-19-9-6-5-7-10-19/h5-11,18,20-21H,12-17H2,1-4H3. The number of hydrogen-bond donors (Lipinski definition) is 0. The molecule has 1 aromatic carbocycles. The van der Waals surface area contributed by atoms with Crippen molar-refractivity contribution < 1.29 is 0 Å². The molecule has 2 heterocycles. The zero-order chi connectivity index (χ0) is 17.2. The van der Waals surface area contributed by atoms with Crippen LogP contribution >= 0.6 is 0 Å². The number of fused-ring (bicyclic) bond motifs is 2. The van der Waals surface area contributed by atoms with E-state index < -0.39 is 0 Å². The highest BCUT2D eigenvalue weighted by atomic mass is 15.2. The molecule has 0 saturated carbocycles. The first-order valence-corrected chi connectivity index (χ1v) is 9.61. The molecule has 1 aromatic rings. The first kappa shape index (κ1) is 17.7. The van der Waals surface area contributed by atoms with E-state index >= 15 is 0 Å². The molecule has 3 rings (SSSR count). The second-order valence-corrected chi connectivity index (χ2v) is 8.86. The molecule has 2 unspecified atom stereocenters. The van der Waals surface area contributed by atoms with Gasteiger partial charge in [0.15, 0.2) is 0 Å². The van der Waals surface area contributed by atoms with E-state index in [4.69, 9.17) is 0 Å². The molecule has 0 N–H and O–H groups in total. The number of rotatable bonds is 5. The van der Waals surface area contributed by atoms with Crippen LogP contribution in [0.3, 0.4) is 0 Å². The smallest absolute Gasteiger partial charge is 0.0166 e. The first-order valence-electron chi connectivity index (χ1n) is 9.61. The average Bonchev–Trinajstić information content (AvgIpc) is 2.50. The van der Waals surface area contributed by atoms with Crippen molar-refractivity contribution in [2.45, 2.75) is 27.7 Å². The van der Waals surface area contributed by atoms with Gasteiger partial charge in [0.2, 0.25) is 0 Å². The zero-order valence-corrected chi connectivity index (χ0v) is 15.9. The lowest BCUT2D eigenvalue weighted by Gasteiger charge is -2.56. The second-order valence-electron chi connectivity index (χ2n) is 8.86. The quantitative estimate of drug-likeness (QED) is 0.798. The second kappa shape index (κ2) is 7.41. The summed E-state index contributed by atoms with van der Waals surface area (Å²) in [5.41, 5.74) is 1.80. The summed E-state index contributed by atoms with van der Waals surface area (Å²) in [4.78, 5) is 5.40. The first-order chi connectivity index (χ1) is 11.4. The monoisotopic (exact) mass is 326 g/mol. The van der Waals surface area contributed by atoms with Gasteiger partial charge >= 0.3 is 0 Å². The Hall–Kier alpha value is -1.12. The number of benzene rings is 1. The predicted molar refractivity (Wildman–Crippen MR) is 104 cm³/mol. The van der Waals surface area contributed by atoms with E-state index in [9.17, 15) is 0 Å². The van der Waals surface area contributed by atoms with Gasteiger partial charge in [-0.3, -0.25) is 4.90 Å². The summed E-state index contributed by atoms with van der Waals surface area (Å²) in [6, 6.07) is 10.6. The minimum atomic E-state index is 0.493. The highest BCUT2D eigenvalue weighted by molar-refractivity contribution is 5.48. The van der Waals surface area contributed by atoms with Crippen LogP contribution in [-0.4, -0.2) is 49.1 Å². The Labute approximate surface area is 148 Å². The van der Waals surface area contributed by atoms with Crippen molar-refractivity contribution in [3.8, 4) is 0 Å². The van der Waals surface area contributed by atoms with E-state index in [0.717, 1.165) is 24.3 Å². The van der Waals surface area contributed by atoms with Gasteiger partial charge < -0.3 is 4.90 Å². The zero-order valence-electron chi connectivity index (χ0n) is 15.9. The highest BCUT2D eigenvalue weighted by Gasteiger charge is 2.47. The molecular weight excluding hydrogens is 292 g/mol. The summed E-state index contributed by atoms with van der Waals surface area (Å²) in [7, 11) is 0. The average molecular weight is 327 g/mol. The van der Waals surface area contributed by atoms with Crippen molar-refractivity contribution in [1.82, 2.24) is 9.80 Å². The third-order valence-corrected chi connectivity index (χ3v) is 6.12. The SMILES string of the molecule is CC(C)CN1CC2CN(CC=Cc3ccccc3)CC(C1)C2(C)C. The third kappa shape index (κ3) is 4.10. The number of piperidine rings is 2. The molecular formula is C22H34N2. The Bertz CT molecular complexity index is 528. The maximum atomic E-state index is 2.72. The van der Waals surface area contributed by atoms with Gasteiger partial charge in [-0.25, -0.2) is 0 Å². The molecule has 132 valence electrons. The van der Waals surface area contributed by atoms with E-state index in [1.165, 1.54) is 38.3 Å². The minimum absolute atomic E-state index is 0.493. The van der Waals surface area contributed by atoms with Gasteiger partial charge in [-0.1, -0.05) is 70.2 Å². The summed E-state index contributed by atoms with van der Waals surface area (Å²) in [5.74, 6) is 2.37. The van der Waals surface area contributed by atoms with Crippen molar-refractivity contribution in [2.75, 3.05) is 39.3 Å². The molecule has 2 heteroatoms. The number of nitrogens with zero attached hydrogens (tertiary/aromatic N) is 2. The fourth-order valence-corrected chi connectivity index (χ4v) is 4.50. The van der Waals surface area contributed by atoms with Crippen LogP contribution in [0.25, 0.3) is 6.08 Å². The molecule has 2 aliphatic heterocycles. The Balaban J connectivity index is 1.59. The lowest BCUT2D eigenvalue weighted by Crippen LogP contribution is -2.61. The van der Waals surface area contributed by atoms with E-state index in [1.54, 1.807) is 0 Å². The Kier molecular flexibility index (Phi) is 5.46. The highest BCUT2D eigenvalue weighted by Crippen LogP contribution is 2.44. The maximum absolute atomic E-state index is 2.72. The molecule has 2 atom stereocenters. The van der Waals surface area contributed by atoms with Crippen molar-refractivity contribution in [2.24, 2.45) is 23.2 Å². The Morgan fingerprint density at radius 3 is 2.17 bits per heavy atom. The normalized spacial score (nSPS) is 27.9. The van der Waals surface area contributed by atoms with Crippen LogP contribution in [0.15, 0.2) is 36.4 Å². The fraction of sp³-hybridized carbons (Fsp3) is 0.636. The van der Waals surface area contributed by atoms with Gasteiger partial charge in [-0.2, -0.15) is 0 Å². The molecule has 24 heavy (non-hydrogen) atoms. The van der Waals surface area contributed by atoms with Crippen molar-refractivity contribution >= 4 is 6.08 Å². The van der Waals surface area contributed by atoms with Crippen molar-refractivity contribution in [3.63, 3.8) is 0 Å². The van der Waals surface area contributed by atoms with Gasteiger partial charge in [0.05, 0.1) is 0 Å². The predicted octanol–water partition coefficient (Wildman–Crippen LogP) is 4.25. The van der Waals surface area contributed by atoms with Gasteiger partial charge in [0, 0.05) is 39.3 Å². The molecule has 0 spiro atoms. The fourth-order valence-electron chi connectivity index (χ4n) is 4.50. The molecule has 0 radical (unpaired) electrons. The topological polar surface area (TPSA) is 6.48 Å². The van der Waals surface area contributed by atoms with Crippen molar-refractivity contribution in [3.05, 3.63) is 42.0 Å².